The van der Waals surface area contributed by atoms with Crippen LogP contribution in [0.1, 0.15) is 37.3 Å². The molecule has 0 amide bonds. The number of halogens is 1. The van der Waals surface area contributed by atoms with Crippen molar-refractivity contribution in [2.75, 3.05) is 25.0 Å². The first-order valence-electron chi connectivity index (χ1n) is 9.25. The Morgan fingerprint density at radius 3 is 2.80 bits per heavy atom. The van der Waals surface area contributed by atoms with Crippen molar-refractivity contribution in [1.29, 1.82) is 0 Å². The minimum absolute atomic E-state index is 0.0758. The van der Waals surface area contributed by atoms with Gasteiger partial charge in [-0.1, -0.05) is 18.2 Å². The predicted octanol–water partition coefficient (Wildman–Crippen LogP) is 3.89. The van der Waals surface area contributed by atoms with Gasteiger partial charge in [-0.15, -0.1) is 0 Å². The van der Waals surface area contributed by atoms with Crippen LogP contribution in [0.4, 0.5) is 10.3 Å². The molecule has 2 aromatic rings. The zero-order chi connectivity index (χ0) is 17.5. The topological polar surface area (TPSA) is 41.1 Å². The first kappa shape index (κ1) is 17.8. The van der Waals surface area contributed by atoms with Crippen LogP contribution >= 0.6 is 0 Å². The lowest BCUT2D eigenvalue weighted by Crippen LogP contribution is -2.35. The van der Waals surface area contributed by atoms with Gasteiger partial charge in [0, 0.05) is 37.6 Å². The molecule has 1 aliphatic rings. The molecule has 0 spiro atoms. The number of nitrogens with one attached hydrogen (secondary N) is 1. The van der Waals surface area contributed by atoms with Crippen molar-refractivity contribution >= 4 is 5.95 Å². The molecule has 0 radical (unpaired) electrons. The van der Waals surface area contributed by atoms with Crippen molar-refractivity contribution in [3.63, 3.8) is 0 Å². The first-order valence-corrected chi connectivity index (χ1v) is 9.25. The summed E-state index contributed by atoms with van der Waals surface area (Å²) in [6.07, 6.45) is 8.14. The fraction of sp³-hybridized carbons (Fsp3) is 0.500. The number of hydrogen-bond acceptors (Lipinski definition) is 4. The van der Waals surface area contributed by atoms with Crippen LogP contribution in [0.3, 0.4) is 0 Å². The van der Waals surface area contributed by atoms with E-state index in [0.717, 1.165) is 50.1 Å². The van der Waals surface area contributed by atoms with Gasteiger partial charge in [0.25, 0.3) is 0 Å². The summed E-state index contributed by atoms with van der Waals surface area (Å²) in [5, 5.41) is 3.12. The van der Waals surface area contributed by atoms with E-state index in [2.05, 4.69) is 20.2 Å². The Kier molecular flexibility index (Phi) is 6.34. The number of aromatic nitrogens is 2. The fourth-order valence-corrected chi connectivity index (χ4v) is 3.54. The molecular formula is C20H27FN4. The number of nitrogens with zero attached hydrogens (tertiary/aromatic N) is 3. The summed E-state index contributed by atoms with van der Waals surface area (Å²) in [7, 11) is 0. The van der Waals surface area contributed by atoms with Crippen LogP contribution in [0, 0.1) is 11.7 Å². The molecule has 1 saturated heterocycles. The minimum atomic E-state index is -0.0758. The highest BCUT2D eigenvalue weighted by atomic mass is 19.1. The Morgan fingerprint density at radius 2 is 2.04 bits per heavy atom. The molecule has 1 N–H and O–H groups in total. The molecule has 0 aliphatic carbocycles. The van der Waals surface area contributed by atoms with Crippen LogP contribution in [0.2, 0.25) is 0 Å². The third-order valence-electron chi connectivity index (χ3n) is 4.83. The molecule has 4 nitrogen and oxygen atoms in total. The molecule has 1 aliphatic heterocycles. The zero-order valence-corrected chi connectivity index (χ0v) is 14.9. The first-order chi connectivity index (χ1) is 12.2. The normalized spacial score (nSPS) is 18.2. The molecule has 0 bridgehead atoms. The van der Waals surface area contributed by atoms with Gasteiger partial charge in [0.2, 0.25) is 5.95 Å². The largest absolute Gasteiger partial charge is 0.355 e. The molecule has 134 valence electrons. The number of benzene rings is 1. The monoisotopic (exact) mass is 342 g/mol. The maximum atomic E-state index is 13.8. The van der Waals surface area contributed by atoms with Crippen molar-refractivity contribution in [3.05, 3.63) is 53.6 Å². The molecule has 1 atom stereocenters. The summed E-state index contributed by atoms with van der Waals surface area (Å²) in [6.45, 7) is 5.94. The van der Waals surface area contributed by atoms with Crippen LogP contribution < -0.4 is 5.32 Å². The molecule has 25 heavy (non-hydrogen) atoms. The van der Waals surface area contributed by atoms with Gasteiger partial charge in [-0.3, -0.25) is 4.90 Å². The standard InChI is InChI=1S/C20H27FN4/c1-2-22-20-23-12-17(13-24-20)15-25-11-5-6-16(14-25)9-10-18-7-3-4-8-19(18)21/h3-4,7-8,12-13,16H,2,5-6,9-11,14-15H2,1H3,(H,22,23,24)/t16-/m0/s1. The molecule has 1 aromatic carbocycles. The lowest BCUT2D eigenvalue weighted by molar-refractivity contribution is 0.161. The van der Waals surface area contributed by atoms with Gasteiger partial charge >= 0.3 is 0 Å². The number of likely N-dealkylation sites (tertiary alicyclic amines) is 1. The van der Waals surface area contributed by atoms with Crippen molar-refractivity contribution in [2.45, 2.75) is 39.2 Å². The highest BCUT2D eigenvalue weighted by molar-refractivity contribution is 5.24. The summed E-state index contributed by atoms with van der Waals surface area (Å²) in [4.78, 5) is 11.2. The van der Waals surface area contributed by atoms with E-state index in [1.54, 1.807) is 12.1 Å². The molecule has 0 saturated carbocycles. The minimum Gasteiger partial charge on any atom is -0.355 e. The average Bonchev–Trinajstić information content (AvgIpc) is 2.63. The highest BCUT2D eigenvalue weighted by Gasteiger charge is 2.20. The molecule has 2 heterocycles. The third kappa shape index (κ3) is 5.23. The van der Waals surface area contributed by atoms with E-state index >= 15 is 0 Å². The van der Waals surface area contributed by atoms with Gasteiger partial charge < -0.3 is 5.32 Å². The highest BCUT2D eigenvalue weighted by Crippen LogP contribution is 2.23. The number of anilines is 1. The van der Waals surface area contributed by atoms with Crippen LogP contribution in [-0.2, 0) is 13.0 Å². The molecule has 1 fully saturated rings. The van der Waals surface area contributed by atoms with E-state index in [1.807, 2.05) is 31.5 Å². The summed E-state index contributed by atoms with van der Waals surface area (Å²) in [6, 6.07) is 7.13. The third-order valence-corrected chi connectivity index (χ3v) is 4.83. The van der Waals surface area contributed by atoms with E-state index in [-0.39, 0.29) is 5.82 Å². The Labute approximate surface area is 149 Å². The van der Waals surface area contributed by atoms with E-state index in [4.69, 9.17) is 0 Å². The van der Waals surface area contributed by atoms with Gasteiger partial charge in [-0.05, 0) is 56.7 Å². The maximum absolute atomic E-state index is 13.8. The number of rotatable bonds is 7. The van der Waals surface area contributed by atoms with E-state index in [0.29, 0.717) is 11.9 Å². The quantitative estimate of drug-likeness (QED) is 0.829. The van der Waals surface area contributed by atoms with Gasteiger partial charge in [0.15, 0.2) is 0 Å². The molecule has 1 aromatic heterocycles. The van der Waals surface area contributed by atoms with Crippen molar-refractivity contribution in [3.8, 4) is 0 Å². The van der Waals surface area contributed by atoms with Gasteiger partial charge in [0.1, 0.15) is 5.82 Å². The second-order valence-electron chi connectivity index (χ2n) is 6.82. The van der Waals surface area contributed by atoms with Gasteiger partial charge in [-0.25, -0.2) is 14.4 Å². The second kappa shape index (κ2) is 8.90. The lowest BCUT2D eigenvalue weighted by atomic mass is 9.91. The zero-order valence-electron chi connectivity index (χ0n) is 14.9. The smallest absolute Gasteiger partial charge is 0.222 e. The van der Waals surface area contributed by atoms with Crippen LogP contribution in [0.5, 0.6) is 0 Å². The van der Waals surface area contributed by atoms with Crippen molar-refractivity contribution < 1.29 is 4.39 Å². The average molecular weight is 342 g/mol. The SMILES string of the molecule is CCNc1ncc(CN2CCC[C@@H](CCc3ccccc3F)C2)cn1. The predicted molar refractivity (Wildman–Crippen MR) is 98.9 cm³/mol. The van der Waals surface area contributed by atoms with E-state index in [9.17, 15) is 4.39 Å². The fourth-order valence-electron chi connectivity index (χ4n) is 3.54. The van der Waals surface area contributed by atoms with Crippen molar-refractivity contribution in [2.24, 2.45) is 5.92 Å². The van der Waals surface area contributed by atoms with Crippen LogP contribution in [0.25, 0.3) is 0 Å². The van der Waals surface area contributed by atoms with Gasteiger partial charge in [0.05, 0.1) is 0 Å². The Bertz CT molecular complexity index is 659. The Balaban J connectivity index is 1.50. The summed E-state index contributed by atoms with van der Waals surface area (Å²) < 4.78 is 13.8. The second-order valence-corrected chi connectivity index (χ2v) is 6.82. The van der Waals surface area contributed by atoms with Crippen LogP contribution in [-0.4, -0.2) is 34.5 Å². The molecule has 3 rings (SSSR count). The molecule has 5 heteroatoms. The van der Waals surface area contributed by atoms with E-state index in [1.165, 1.54) is 12.8 Å². The number of piperidine rings is 1. The number of aryl methyl sites for hydroxylation is 1. The lowest BCUT2D eigenvalue weighted by Gasteiger charge is -2.32. The summed E-state index contributed by atoms with van der Waals surface area (Å²) in [5.41, 5.74) is 1.99. The van der Waals surface area contributed by atoms with Gasteiger partial charge in [-0.2, -0.15) is 0 Å². The Morgan fingerprint density at radius 1 is 1.24 bits per heavy atom. The Hall–Kier alpha value is -2.01. The molecular weight excluding hydrogens is 315 g/mol. The van der Waals surface area contributed by atoms with Crippen molar-refractivity contribution in [1.82, 2.24) is 14.9 Å². The van der Waals surface area contributed by atoms with E-state index < -0.39 is 0 Å². The summed E-state index contributed by atoms with van der Waals surface area (Å²) >= 11 is 0. The van der Waals surface area contributed by atoms with Crippen LogP contribution in [0.15, 0.2) is 36.7 Å². The summed E-state index contributed by atoms with van der Waals surface area (Å²) in [5.74, 6) is 1.25. The maximum Gasteiger partial charge on any atom is 0.222 e. The number of hydrogen-bond donors (Lipinski definition) is 1. The molecule has 0 unspecified atom stereocenters.